The number of methoxy groups -OCH3 is 1. The third-order valence-electron chi connectivity index (χ3n) is 9.33. The van der Waals surface area contributed by atoms with Gasteiger partial charge < -0.3 is 24.9 Å². The Bertz CT molecular complexity index is 2050. The second kappa shape index (κ2) is 12.3. The Hall–Kier alpha value is -4.88. The van der Waals surface area contributed by atoms with Crippen molar-refractivity contribution in [3.63, 3.8) is 0 Å². The molecule has 2 atom stereocenters. The number of fused-ring (bicyclic) bond motifs is 2. The summed E-state index contributed by atoms with van der Waals surface area (Å²) in [5, 5.41) is 7.29. The molecule has 0 bridgehead atoms. The number of hydrazine groups is 1. The lowest BCUT2D eigenvalue weighted by Crippen LogP contribution is -2.55. The Morgan fingerprint density at radius 2 is 1.77 bits per heavy atom. The average Bonchev–Trinajstić information content (AvgIpc) is 3.73. The van der Waals surface area contributed by atoms with E-state index < -0.39 is 23.6 Å². The Morgan fingerprint density at radius 1 is 1.02 bits per heavy atom. The molecule has 2 aromatic carbocycles. The maximum Gasteiger partial charge on any atom is 0.268 e. The number of imidazole rings is 1. The van der Waals surface area contributed by atoms with Crippen molar-refractivity contribution in [2.75, 3.05) is 27.2 Å². The number of halogens is 2. The van der Waals surface area contributed by atoms with Crippen LogP contribution < -0.4 is 15.8 Å². The first-order valence-corrected chi connectivity index (χ1v) is 16.1. The van der Waals surface area contributed by atoms with Gasteiger partial charge in [-0.05, 0) is 74.6 Å². The summed E-state index contributed by atoms with van der Waals surface area (Å²) in [5.74, 6) is -0.666. The molecule has 0 unspecified atom stereocenters. The largest absolute Gasteiger partial charge is 0.494 e. The number of ether oxygens (including phenoxy) is 1. The number of nitrogens with one attached hydrogen (secondary N) is 1. The van der Waals surface area contributed by atoms with E-state index in [2.05, 4.69) is 16.0 Å². The van der Waals surface area contributed by atoms with Crippen LogP contribution in [0.1, 0.15) is 58.6 Å². The van der Waals surface area contributed by atoms with Crippen LogP contribution in [0.15, 0.2) is 48.5 Å². The lowest BCUT2D eigenvalue weighted by Gasteiger charge is -2.38. The number of hydrogen-bond acceptors (Lipinski definition) is 7. The number of nitrogens with two attached hydrogens (primary N) is 1. The number of rotatable bonds is 8. The lowest BCUT2D eigenvalue weighted by atomic mass is 10.1. The number of pyridine rings is 1. The molecule has 2 amide bonds. The number of amides is 2. The monoisotopic (exact) mass is 656 g/mol. The molecular weight excluding hydrogens is 618 g/mol. The van der Waals surface area contributed by atoms with E-state index in [1.807, 2.05) is 35.8 Å². The molecule has 48 heavy (non-hydrogen) atoms. The molecule has 2 aliphatic rings. The molecule has 13 heteroatoms. The number of nitrogens with zero attached hydrogens (tertiary/aromatic N) is 6. The SMILES string of the molecule is COc1cc(C(=O)N2C[C@H](N)CCN2C)cc2nc(-c3cc4ccc([C@@H](C)NC(=O)c5cc(F)cc(F)c5)nc4n3CC3CC3)n(C)c12. The van der Waals surface area contributed by atoms with Crippen molar-refractivity contribution >= 4 is 33.9 Å². The van der Waals surface area contributed by atoms with Gasteiger partial charge in [-0.2, -0.15) is 0 Å². The minimum absolute atomic E-state index is 0.0861. The van der Waals surface area contributed by atoms with Gasteiger partial charge in [0.15, 0.2) is 5.82 Å². The van der Waals surface area contributed by atoms with Gasteiger partial charge in [0.2, 0.25) is 0 Å². The van der Waals surface area contributed by atoms with E-state index in [1.165, 1.54) is 0 Å². The van der Waals surface area contributed by atoms with Crippen molar-refractivity contribution in [1.29, 1.82) is 0 Å². The predicted octanol–water partition coefficient (Wildman–Crippen LogP) is 4.80. The molecule has 3 aromatic heterocycles. The van der Waals surface area contributed by atoms with Crippen LogP contribution in [0.2, 0.25) is 0 Å². The minimum Gasteiger partial charge on any atom is -0.494 e. The van der Waals surface area contributed by atoms with Gasteiger partial charge in [-0.1, -0.05) is 0 Å². The van der Waals surface area contributed by atoms with Crippen LogP contribution in [0.4, 0.5) is 8.78 Å². The zero-order chi connectivity index (χ0) is 33.9. The zero-order valence-electron chi connectivity index (χ0n) is 27.3. The molecule has 4 heterocycles. The number of hydrogen-bond donors (Lipinski definition) is 2. The summed E-state index contributed by atoms with van der Waals surface area (Å²) in [6, 6.07) is 11.5. The van der Waals surface area contributed by atoms with E-state index in [0.717, 1.165) is 66.3 Å². The maximum absolute atomic E-state index is 13.7. The highest BCUT2D eigenvalue weighted by Gasteiger charge is 2.30. The van der Waals surface area contributed by atoms with Crippen LogP contribution in [-0.2, 0) is 13.6 Å². The van der Waals surface area contributed by atoms with Gasteiger partial charge >= 0.3 is 0 Å². The molecule has 7 rings (SSSR count). The topological polar surface area (TPSA) is 124 Å². The van der Waals surface area contributed by atoms with Crippen LogP contribution in [0.3, 0.4) is 0 Å². The lowest BCUT2D eigenvalue weighted by molar-refractivity contribution is -0.0168. The van der Waals surface area contributed by atoms with Crippen LogP contribution in [0, 0.1) is 17.6 Å². The fraction of sp³-hybridized carbons (Fsp3) is 0.371. The van der Waals surface area contributed by atoms with Gasteiger partial charge in [-0.15, -0.1) is 0 Å². The summed E-state index contributed by atoms with van der Waals surface area (Å²) >= 11 is 0. The van der Waals surface area contributed by atoms with Gasteiger partial charge in [0.1, 0.15) is 28.5 Å². The molecule has 2 fully saturated rings. The normalized spacial score (nSPS) is 17.6. The fourth-order valence-electron chi connectivity index (χ4n) is 6.48. The molecule has 3 N–H and O–H groups in total. The standard InChI is InChI=1S/C35H38F2N8O3/c1-19(39-34(46)22-11-24(36)16-25(37)12-22)27-8-7-21-14-29(44(32(21)40-27)17-20-5-6-20)33-41-28-13-23(15-30(48-4)31(28)43(33)3)35(47)45-18-26(38)9-10-42(45)2/h7-8,11-16,19-20,26H,5-6,9-10,17-18,38H2,1-4H3,(H,39,46)/t19-,26-/m1/s1. The molecular formula is C35H38F2N8O3. The smallest absolute Gasteiger partial charge is 0.268 e. The second-order valence-corrected chi connectivity index (χ2v) is 12.9. The van der Waals surface area contributed by atoms with Crippen molar-refractivity contribution < 1.29 is 23.1 Å². The number of benzene rings is 2. The Morgan fingerprint density at radius 3 is 2.48 bits per heavy atom. The van der Waals surface area contributed by atoms with Gasteiger partial charge in [0, 0.05) is 55.8 Å². The van der Waals surface area contributed by atoms with Crippen LogP contribution in [-0.4, -0.2) is 74.2 Å². The first-order chi connectivity index (χ1) is 23.0. The van der Waals surface area contributed by atoms with Crippen molar-refractivity contribution in [2.24, 2.45) is 18.7 Å². The van der Waals surface area contributed by atoms with E-state index in [-0.39, 0.29) is 17.5 Å². The molecule has 1 saturated heterocycles. The van der Waals surface area contributed by atoms with Crippen molar-refractivity contribution in [3.8, 4) is 17.3 Å². The molecule has 250 valence electrons. The third kappa shape index (κ3) is 5.88. The van der Waals surface area contributed by atoms with Gasteiger partial charge in [-0.25, -0.2) is 23.8 Å². The molecule has 0 spiro atoms. The van der Waals surface area contributed by atoms with Crippen LogP contribution in [0.25, 0.3) is 33.6 Å². The van der Waals surface area contributed by atoms with E-state index in [0.29, 0.717) is 47.4 Å². The molecule has 5 aromatic rings. The zero-order valence-corrected chi connectivity index (χ0v) is 27.3. The molecule has 1 saturated carbocycles. The number of carbonyl (C=O) groups is 2. The number of aryl methyl sites for hydroxylation is 1. The highest BCUT2D eigenvalue weighted by Crippen LogP contribution is 2.38. The van der Waals surface area contributed by atoms with Crippen LogP contribution >= 0.6 is 0 Å². The predicted molar refractivity (Wildman–Crippen MR) is 177 cm³/mol. The fourth-order valence-corrected chi connectivity index (χ4v) is 6.48. The van der Waals surface area contributed by atoms with Gasteiger partial charge in [0.25, 0.3) is 11.8 Å². The highest BCUT2D eigenvalue weighted by atomic mass is 19.1. The summed E-state index contributed by atoms with van der Waals surface area (Å²) in [6.07, 6.45) is 3.05. The van der Waals surface area contributed by atoms with Crippen molar-refractivity contribution in [3.05, 3.63) is 77.0 Å². The summed E-state index contributed by atoms with van der Waals surface area (Å²) in [4.78, 5) is 36.5. The summed E-state index contributed by atoms with van der Waals surface area (Å²) in [7, 11) is 5.40. The molecule has 1 aliphatic carbocycles. The summed E-state index contributed by atoms with van der Waals surface area (Å²) < 4.78 is 37.4. The van der Waals surface area contributed by atoms with Crippen molar-refractivity contribution in [1.82, 2.24) is 34.4 Å². The van der Waals surface area contributed by atoms with E-state index in [9.17, 15) is 18.4 Å². The molecule has 1 aliphatic heterocycles. The highest BCUT2D eigenvalue weighted by molar-refractivity contribution is 6.00. The number of carbonyl (C=O) groups excluding carboxylic acids is 2. The quantitative estimate of drug-likeness (QED) is 0.246. The Balaban J connectivity index is 1.26. The first-order valence-electron chi connectivity index (χ1n) is 16.1. The first kappa shape index (κ1) is 31.7. The molecule has 0 radical (unpaired) electrons. The van der Waals surface area contributed by atoms with Crippen molar-refractivity contribution in [2.45, 2.75) is 44.8 Å². The van der Waals surface area contributed by atoms with E-state index >= 15 is 0 Å². The molecule has 11 nitrogen and oxygen atoms in total. The average molecular weight is 657 g/mol. The minimum atomic E-state index is -0.820. The van der Waals surface area contributed by atoms with Crippen LogP contribution in [0.5, 0.6) is 5.75 Å². The maximum atomic E-state index is 13.7. The van der Waals surface area contributed by atoms with E-state index in [4.69, 9.17) is 20.4 Å². The third-order valence-corrected chi connectivity index (χ3v) is 9.33. The second-order valence-electron chi connectivity index (χ2n) is 12.9. The summed E-state index contributed by atoms with van der Waals surface area (Å²) in [5.41, 5.74) is 10.1. The van der Waals surface area contributed by atoms with Gasteiger partial charge in [-0.3, -0.25) is 14.6 Å². The Labute approximate surface area is 276 Å². The van der Waals surface area contributed by atoms with E-state index in [1.54, 1.807) is 31.2 Å². The Kier molecular flexibility index (Phi) is 8.12. The summed E-state index contributed by atoms with van der Waals surface area (Å²) in [6.45, 7) is 3.65. The number of aromatic nitrogens is 4. The van der Waals surface area contributed by atoms with Gasteiger partial charge in [0.05, 0.1) is 36.6 Å².